The van der Waals surface area contributed by atoms with E-state index in [0.717, 1.165) is 12.0 Å². The van der Waals surface area contributed by atoms with Gasteiger partial charge in [0, 0.05) is 20.1 Å². The van der Waals surface area contributed by atoms with Crippen molar-refractivity contribution >= 4 is 10.2 Å². The van der Waals surface area contributed by atoms with Gasteiger partial charge in [-0.3, -0.25) is 0 Å². The molecule has 0 atom stereocenters. The Kier molecular flexibility index (Phi) is 4.92. The Morgan fingerprint density at radius 2 is 1.88 bits per heavy atom. The fraction of sp³-hybridized carbons (Fsp3) is 0.455. The molecule has 1 N–H and O–H groups in total. The molecule has 0 aromatic heterocycles. The highest BCUT2D eigenvalue weighted by Crippen LogP contribution is 2.05. The van der Waals surface area contributed by atoms with Gasteiger partial charge in [0.15, 0.2) is 0 Å². The van der Waals surface area contributed by atoms with E-state index in [2.05, 4.69) is 4.72 Å². The van der Waals surface area contributed by atoms with E-state index in [1.807, 2.05) is 37.3 Å². The molecule has 1 rings (SSSR count). The lowest BCUT2D eigenvalue weighted by molar-refractivity contribution is 0.455. The summed E-state index contributed by atoms with van der Waals surface area (Å²) in [5.74, 6) is 0. The number of nitrogens with zero attached hydrogens (tertiary/aromatic N) is 1. The van der Waals surface area contributed by atoms with Gasteiger partial charge in [0.2, 0.25) is 0 Å². The van der Waals surface area contributed by atoms with E-state index in [1.54, 1.807) is 7.05 Å². The fourth-order valence-electron chi connectivity index (χ4n) is 1.27. The van der Waals surface area contributed by atoms with E-state index < -0.39 is 10.2 Å². The third-order valence-corrected chi connectivity index (χ3v) is 3.71. The van der Waals surface area contributed by atoms with E-state index in [4.69, 9.17) is 0 Å². The lowest BCUT2D eigenvalue weighted by Gasteiger charge is -2.17. The molecule has 4 nitrogen and oxygen atoms in total. The van der Waals surface area contributed by atoms with Crippen LogP contribution in [-0.4, -0.2) is 26.3 Å². The van der Waals surface area contributed by atoms with Crippen molar-refractivity contribution in [3.63, 3.8) is 0 Å². The first kappa shape index (κ1) is 13.2. The van der Waals surface area contributed by atoms with Crippen molar-refractivity contribution in [3.05, 3.63) is 35.9 Å². The Balaban J connectivity index is 2.61. The molecule has 0 aliphatic carbocycles. The Morgan fingerprint density at radius 3 is 2.44 bits per heavy atom. The van der Waals surface area contributed by atoms with Gasteiger partial charge < -0.3 is 0 Å². The van der Waals surface area contributed by atoms with E-state index in [0.29, 0.717) is 13.1 Å². The summed E-state index contributed by atoms with van der Waals surface area (Å²) in [5.41, 5.74) is 0.979. The van der Waals surface area contributed by atoms with Crippen LogP contribution in [0.2, 0.25) is 0 Å². The normalized spacial score (nSPS) is 11.9. The summed E-state index contributed by atoms with van der Waals surface area (Å²) in [6.45, 7) is 2.79. The number of rotatable bonds is 6. The van der Waals surface area contributed by atoms with Gasteiger partial charge in [-0.05, 0) is 12.0 Å². The second-order valence-corrected chi connectivity index (χ2v) is 5.50. The average Bonchev–Trinajstić information content (AvgIpc) is 2.28. The molecular formula is C11H18N2O2S. The van der Waals surface area contributed by atoms with Crippen LogP contribution in [0.1, 0.15) is 18.9 Å². The van der Waals surface area contributed by atoms with Crippen molar-refractivity contribution in [2.24, 2.45) is 0 Å². The molecular weight excluding hydrogens is 224 g/mol. The van der Waals surface area contributed by atoms with Crippen LogP contribution >= 0.6 is 0 Å². The summed E-state index contributed by atoms with van der Waals surface area (Å²) in [5, 5.41) is 0. The third-order valence-electron chi connectivity index (χ3n) is 2.19. The average molecular weight is 242 g/mol. The highest BCUT2D eigenvalue weighted by Gasteiger charge is 2.16. The highest BCUT2D eigenvalue weighted by molar-refractivity contribution is 7.87. The van der Waals surface area contributed by atoms with Crippen LogP contribution in [0.3, 0.4) is 0 Å². The molecule has 0 amide bonds. The fourth-order valence-corrected chi connectivity index (χ4v) is 2.27. The van der Waals surface area contributed by atoms with Crippen molar-refractivity contribution < 1.29 is 8.42 Å². The maximum atomic E-state index is 11.7. The van der Waals surface area contributed by atoms with Gasteiger partial charge >= 0.3 is 0 Å². The molecule has 0 fully saturated rings. The first-order valence-electron chi connectivity index (χ1n) is 5.31. The Morgan fingerprint density at radius 1 is 1.25 bits per heavy atom. The maximum absolute atomic E-state index is 11.7. The summed E-state index contributed by atoms with van der Waals surface area (Å²) < 4.78 is 27.3. The summed E-state index contributed by atoms with van der Waals surface area (Å²) in [6, 6.07) is 9.52. The van der Waals surface area contributed by atoms with Gasteiger partial charge in [0.1, 0.15) is 0 Å². The van der Waals surface area contributed by atoms with Gasteiger partial charge in [-0.25, -0.2) is 4.72 Å². The van der Waals surface area contributed by atoms with Gasteiger partial charge in [0.05, 0.1) is 0 Å². The SMILES string of the molecule is CCCNS(=O)(=O)N(C)Cc1ccccc1. The third kappa shape index (κ3) is 3.92. The molecule has 0 radical (unpaired) electrons. The Labute approximate surface area is 97.5 Å². The van der Waals surface area contributed by atoms with Gasteiger partial charge in [-0.2, -0.15) is 12.7 Å². The second kappa shape index (κ2) is 5.98. The van der Waals surface area contributed by atoms with Crippen molar-refractivity contribution in [1.82, 2.24) is 9.03 Å². The molecule has 5 heteroatoms. The minimum atomic E-state index is -3.34. The van der Waals surface area contributed by atoms with Crippen molar-refractivity contribution in [1.29, 1.82) is 0 Å². The maximum Gasteiger partial charge on any atom is 0.279 e. The topological polar surface area (TPSA) is 49.4 Å². The van der Waals surface area contributed by atoms with Gasteiger partial charge in [-0.15, -0.1) is 0 Å². The van der Waals surface area contributed by atoms with Gasteiger partial charge in [-0.1, -0.05) is 37.3 Å². The number of hydrogen-bond acceptors (Lipinski definition) is 2. The predicted octanol–water partition coefficient (Wildman–Crippen LogP) is 1.36. The molecule has 0 spiro atoms. The highest BCUT2D eigenvalue weighted by atomic mass is 32.2. The van der Waals surface area contributed by atoms with E-state index in [9.17, 15) is 8.42 Å². The predicted molar refractivity (Wildman–Crippen MR) is 65.1 cm³/mol. The van der Waals surface area contributed by atoms with Crippen LogP contribution in [0.15, 0.2) is 30.3 Å². The molecule has 16 heavy (non-hydrogen) atoms. The molecule has 0 aliphatic rings. The zero-order chi connectivity index (χ0) is 12.0. The van der Waals surface area contributed by atoms with E-state index in [-0.39, 0.29) is 0 Å². The Bertz CT molecular complexity index is 403. The van der Waals surface area contributed by atoms with Crippen molar-refractivity contribution in [3.8, 4) is 0 Å². The monoisotopic (exact) mass is 242 g/mol. The minimum Gasteiger partial charge on any atom is -0.202 e. The summed E-state index contributed by atoms with van der Waals surface area (Å²) in [6.07, 6.45) is 0.790. The number of nitrogens with one attached hydrogen (secondary N) is 1. The molecule has 0 unspecified atom stereocenters. The number of benzene rings is 1. The zero-order valence-electron chi connectivity index (χ0n) is 9.68. The standard InChI is InChI=1S/C11H18N2O2S/c1-3-9-12-16(14,15)13(2)10-11-7-5-4-6-8-11/h4-8,12H,3,9-10H2,1-2H3. The van der Waals surface area contributed by atoms with Crippen LogP contribution in [-0.2, 0) is 16.8 Å². The summed E-state index contributed by atoms with van der Waals surface area (Å²) in [4.78, 5) is 0. The van der Waals surface area contributed by atoms with Crippen LogP contribution in [0.25, 0.3) is 0 Å². The van der Waals surface area contributed by atoms with Crippen LogP contribution in [0.4, 0.5) is 0 Å². The minimum absolute atomic E-state index is 0.389. The first-order chi connectivity index (χ1) is 7.56. The largest absolute Gasteiger partial charge is 0.279 e. The molecule has 0 saturated carbocycles. The summed E-state index contributed by atoms with van der Waals surface area (Å²) >= 11 is 0. The zero-order valence-corrected chi connectivity index (χ0v) is 10.5. The molecule has 1 aromatic rings. The smallest absolute Gasteiger partial charge is 0.202 e. The first-order valence-corrected chi connectivity index (χ1v) is 6.75. The van der Waals surface area contributed by atoms with Crippen molar-refractivity contribution in [2.75, 3.05) is 13.6 Å². The summed E-state index contributed by atoms with van der Waals surface area (Å²) in [7, 11) is -1.76. The van der Waals surface area contributed by atoms with Crippen molar-refractivity contribution in [2.45, 2.75) is 19.9 Å². The van der Waals surface area contributed by atoms with Crippen LogP contribution in [0, 0.1) is 0 Å². The molecule has 90 valence electrons. The molecule has 1 aromatic carbocycles. The van der Waals surface area contributed by atoms with E-state index in [1.165, 1.54) is 4.31 Å². The Hall–Kier alpha value is -0.910. The second-order valence-electron chi connectivity index (χ2n) is 3.64. The molecule has 0 bridgehead atoms. The lowest BCUT2D eigenvalue weighted by atomic mass is 10.2. The molecule has 0 heterocycles. The molecule has 0 aliphatic heterocycles. The molecule has 0 saturated heterocycles. The van der Waals surface area contributed by atoms with Crippen LogP contribution < -0.4 is 4.72 Å². The van der Waals surface area contributed by atoms with E-state index >= 15 is 0 Å². The quantitative estimate of drug-likeness (QED) is 0.819. The lowest BCUT2D eigenvalue weighted by Crippen LogP contribution is -2.38. The number of hydrogen-bond donors (Lipinski definition) is 1. The van der Waals surface area contributed by atoms with Gasteiger partial charge in [0.25, 0.3) is 10.2 Å². The van der Waals surface area contributed by atoms with Crippen LogP contribution in [0.5, 0.6) is 0 Å².